The van der Waals surface area contributed by atoms with E-state index in [2.05, 4.69) is 39.8 Å². The van der Waals surface area contributed by atoms with E-state index in [4.69, 9.17) is 4.74 Å². The van der Waals surface area contributed by atoms with Gasteiger partial charge in [0.05, 0.1) is 6.61 Å². The van der Waals surface area contributed by atoms with Crippen molar-refractivity contribution < 1.29 is 4.74 Å². The minimum atomic E-state index is 0.792. The second-order valence-electron chi connectivity index (χ2n) is 6.44. The molecule has 1 nitrogen and oxygen atoms in total. The third-order valence-electron chi connectivity index (χ3n) is 4.12. The van der Waals surface area contributed by atoms with Gasteiger partial charge in [-0.2, -0.15) is 0 Å². The molecule has 0 saturated heterocycles. The molecule has 0 aromatic rings. The Hall–Kier alpha value is -0.820. The molecule has 2 atom stereocenters. The lowest BCUT2D eigenvalue weighted by Gasteiger charge is -2.24. The van der Waals surface area contributed by atoms with Gasteiger partial charge in [0, 0.05) is 7.11 Å². The summed E-state index contributed by atoms with van der Waals surface area (Å²) < 4.78 is 4.99. The summed E-state index contributed by atoms with van der Waals surface area (Å²) in [6.07, 6.45) is 18.4. The quantitative estimate of drug-likeness (QED) is 0.408. The van der Waals surface area contributed by atoms with E-state index >= 15 is 0 Å². The molecule has 0 bridgehead atoms. The largest absolute Gasteiger partial charge is 0.384 e. The molecule has 0 aliphatic heterocycles. The summed E-state index contributed by atoms with van der Waals surface area (Å²) >= 11 is 0. The first-order valence-corrected chi connectivity index (χ1v) is 12.5. The summed E-state index contributed by atoms with van der Waals surface area (Å²) in [4.78, 5) is 0. The van der Waals surface area contributed by atoms with Gasteiger partial charge in [0.15, 0.2) is 0 Å². The Morgan fingerprint density at radius 3 is 1.52 bits per heavy atom. The molecule has 0 N–H and O–H groups in total. The molecule has 1 saturated carbocycles. The predicted octanol–water partition coefficient (Wildman–Crippen LogP) is 10.4. The second kappa shape index (κ2) is 41.5. The average Bonchev–Trinajstić information content (AvgIpc) is 2.78. The van der Waals surface area contributed by atoms with Crippen molar-refractivity contribution in [2.45, 2.75) is 122 Å². The Kier molecular flexibility index (Phi) is 55.5. The van der Waals surface area contributed by atoms with Gasteiger partial charge in [-0.1, -0.05) is 137 Å². The van der Waals surface area contributed by atoms with Gasteiger partial charge >= 0.3 is 0 Å². The lowest BCUT2D eigenvalue weighted by molar-refractivity contribution is 0.203. The summed E-state index contributed by atoms with van der Waals surface area (Å²) in [6.45, 7) is 25.9. The van der Waals surface area contributed by atoms with Crippen LogP contribution in [0, 0.1) is 11.8 Å². The van der Waals surface area contributed by atoms with Gasteiger partial charge in [-0.15, -0.1) is 0 Å². The SMILES string of the molecule is CC.CC.CC.CC1CCCCC1C.CCC.C\C=C/C=C\C(=C/C)CCOC. The van der Waals surface area contributed by atoms with Crippen molar-refractivity contribution in [3.8, 4) is 0 Å². The summed E-state index contributed by atoms with van der Waals surface area (Å²) in [5.74, 6) is 2.01. The van der Waals surface area contributed by atoms with E-state index in [1.807, 2.05) is 73.6 Å². The Bertz CT molecular complexity index is 302. The van der Waals surface area contributed by atoms with E-state index in [0.29, 0.717) is 0 Å². The van der Waals surface area contributed by atoms with Crippen LogP contribution < -0.4 is 0 Å². The molecule has 29 heavy (non-hydrogen) atoms. The minimum absolute atomic E-state index is 0.792. The normalized spacial score (nSPS) is 17.8. The number of hydrogen-bond acceptors (Lipinski definition) is 1. The summed E-state index contributed by atoms with van der Waals surface area (Å²) in [5.41, 5.74) is 1.31. The van der Waals surface area contributed by atoms with Crippen LogP contribution in [0.2, 0.25) is 0 Å². The second-order valence-corrected chi connectivity index (χ2v) is 6.44. The van der Waals surface area contributed by atoms with Gasteiger partial charge in [-0.25, -0.2) is 0 Å². The lowest BCUT2D eigenvalue weighted by atomic mass is 9.82. The smallest absolute Gasteiger partial charge is 0.0502 e. The van der Waals surface area contributed by atoms with E-state index in [9.17, 15) is 0 Å². The zero-order chi connectivity index (χ0) is 23.9. The Labute approximate surface area is 188 Å². The number of rotatable bonds is 5. The van der Waals surface area contributed by atoms with Crippen LogP contribution >= 0.6 is 0 Å². The van der Waals surface area contributed by atoms with Crippen LogP contribution in [-0.2, 0) is 4.74 Å². The zero-order valence-corrected chi connectivity index (χ0v) is 22.9. The molecule has 0 aromatic carbocycles. The van der Waals surface area contributed by atoms with Gasteiger partial charge in [0.2, 0.25) is 0 Å². The molecule has 0 amide bonds. The van der Waals surface area contributed by atoms with E-state index in [0.717, 1.165) is 24.9 Å². The first kappa shape index (κ1) is 38.7. The van der Waals surface area contributed by atoms with Crippen LogP contribution in [0.4, 0.5) is 0 Å². The van der Waals surface area contributed by atoms with Crippen LogP contribution in [0.5, 0.6) is 0 Å². The molecule has 1 aliphatic carbocycles. The van der Waals surface area contributed by atoms with Gasteiger partial charge in [0.25, 0.3) is 0 Å². The molecule has 2 unspecified atom stereocenters. The maximum absolute atomic E-state index is 4.99. The van der Waals surface area contributed by atoms with Crippen molar-refractivity contribution >= 4 is 0 Å². The molecule has 0 spiro atoms. The molecule has 1 rings (SSSR count). The molecule has 1 heteroatoms. The van der Waals surface area contributed by atoms with E-state index in [-0.39, 0.29) is 0 Å². The molecular formula is C28H60O. The van der Waals surface area contributed by atoms with Gasteiger partial charge in [-0.3, -0.25) is 0 Å². The fourth-order valence-electron chi connectivity index (χ4n) is 2.34. The topological polar surface area (TPSA) is 9.23 Å². The fraction of sp³-hybridized carbons (Fsp3) is 0.786. The highest BCUT2D eigenvalue weighted by molar-refractivity contribution is 5.21. The van der Waals surface area contributed by atoms with Crippen molar-refractivity contribution in [3.63, 3.8) is 0 Å². The number of hydrogen-bond donors (Lipinski definition) is 0. The third-order valence-corrected chi connectivity index (χ3v) is 4.12. The van der Waals surface area contributed by atoms with E-state index < -0.39 is 0 Å². The van der Waals surface area contributed by atoms with E-state index in [1.165, 1.54) is 37.7 Å². The van der Waals surface area contributed by atoms with Crippen LogP contribution in [0.3, 0.4) is 0 Å². The maximum atomic E-state index is 4.99. The highest BCUT2D eigenvalue weighted by atomic mass is 16.5. The number of allylic oxidation sites excluding steroid dienone is 5. The predicted molar refractivity (Wildman–Crippen MR) is 141 cm³/mol. The monoisotopic (exact) mass is 412 g/mol. The van der Waals surface area contributed by atoms with E-state index in [1.54, 1.807) is 7.11 Å². The Morgan fingerprint density at radius 1 is 0.828 bits per heavy atom. The van der Waals surface area contributed by atoms with Crippen LogP contribution in [-0.4, -0.2) is 13.7 Å². The number of ether oxygens (including phenoxy) is 1. The summed E-state index contributed by atoms with van der Waals surface area (Å²) in [6, 6.07) is 0. The van der Waals surface area contributed by atoms with Crippen molar-refractivity contribution in [1.82, 2.24) is 0 Å². The molecular weight excluding hydrogens is 352 g/mol. The molecule has 1 aliphatic rings. The Balaban J connectivity index is -0.0000000973. The van der Waals surface area contributed by atoms with Crippen molar-refractivity contribution in [3.05, 3.63) is 36.0 Å². The first-order valence-electron chi connectivity index (χ1n) is 12.5. The van der Waals surface area contributed by atoms with Crippen LogP contribution in [0.25, 0.3) is 0 Å². The van der Waals surface area contributed by atoms with Crippen molar-refractivity contribution in [2.24, 2.45) is 11.8 Å². The highest BCUT2D eigenvalue weighted by Gasteiger charge is 2.15. The molecule has 0 radical (unpaired) electrons. The molecule has 178 valence electrons. The van der Waals surface area contributed by atoms with Gasteiger partial charge in [0.1, 0.15) is 0 Å². The van der Waals surface area contributed by atoms with Crippen LogP contribution in [0.1, 0.15) is 122 Å². The first-order chi connectivity index (χ1) is 14.1. The average molecular weight is 413 g/mol. The molecule has 1 fully saturated rings. The molecule has 0 heterocycles. The number of methoxy groups -OCH3 is 1. The maximum Gasteiger partial charge on any atom is 0.0502 e. The lowest BCUT2D eigenvalue weighted by Crippen LogP contribution is -2.12. The minimum Gasteiger partial charge on any atom is -0.384 e. The summed E-state index contributed by atoms with van der Waals surface area (Å²) in [5, 5.41) is 0. The van der Waals surface area contributed by atoms with Gasteiger partial charge in [-0.05, 0) is 32.1 Å². The standard InChI is InChI=1S/C11H18O.C8H16.C3H8.3C2H6/c1-4-6-7-8-11(5-2)9-10-12-3;1-7-5-3-4-6-8(7)2;1-3-2;3*1-2/h4-8H,9-10H2,1-3H3;7-8H,3-6H2,1-2H3;3H2,1-2H3;3*1-2H3/b6-4-,8-7-,11-5+;;;;;. The van der Waals surface area contributed by atoms with Crippen molar-refractivity contribution in [1.29, 1.82) is 0 Å². The molecule has 0 aromatic heterocycles. The third kappa shape index (κ3) is 38.4. The fourth-order valence-corrected chi connectivity index (χ4v) is 2.34. The van der Waals surface area contributed by atoms with Crippen LogP contribution in [0.15, 0.2) is 36.0 Å². The highest BCUT2D eigenvalue weighted by Crippen LogP contribution is 2.28. The van der Waals surface area contributed by atoms with Gasteiger partial charge < -0.3 is 4.74 Å². The van der Waals surface area contributed by atoms with Crippen molar-refractivity contribution in [2.75, 3.05) is 13.7 Å². The Morgan fingerprint density at radius 2 is 1.24 bits per heavy atom. The zero-order valence-electron chi connectivity index (χ0n) is 22.9. The summed E-state index contributed by atoms with van der Waals surface area (Å²) in [7, 11) is 1.73.